The quantitative estimate of drug-likeness (QED) is 0.178. The third-order valence-electron chi connectivity index (χ3n) is 12.7. The fraction of sp³-hybridized carbons (Fsp3) is 0.0943. The molecule has 0 amide bonds. The lowest BCUT2D eigenvalue weighted by molar-refractivity contribution is 0.660. The van der Waals surface area contributed by atoms with E-state index in [0.717, 1.165) is 5.69 Å². The lowest BCUT2D eigenvalue weighted by atomic mass is 9.69. The van der Waals surface area contributed by atoms with Crippen molar-refractivity contribution in [2.75, 3.05) is 4.90 Å². The van der Waals surface area contributed by atoms with E-state index in [-0.39, 0.29) is 10.8 Å². The van der Waals surface area contributed by atoms with Crippen molar-refractivity contribution in [1.82, 2.24) is 0 Å². The van der Waals surface area contributed by atoms with Crippen molar-refractivity contribution in [3.63, 3.8) is 0 Å². The summed E-state index contributed by atoms with van der Waals surface area (Å²) in [6, 6.07) is 67.8. The molecule has 256 valence electrons. The van der Waals surface area contributed by atoms with Gasteiger partial charge in [-0.05, 0) is 121 Å². The number of fused-ring (bicyclic) bond motifs is 8. The number of hydrogen-bond donors (Lipinski definition) is 0. The Morgan fingerprint density at radius 2 is 0.870 bits per heavy atom. The summed E-state index contributed by atoms with van der Waals surface area (Å²) in [5, 5.41) is 0. The molecule has 1 heterocycles. The van der Waals surface area contributed by atoms with Crippen LogP contribution in [0.2, 0.25) is 0 Å². The molecule has 11 rings (SSSR count). The molecule has 0 fully saturated rings. The van der Waals surface area contributed by atoms with Gasteiger partial charge in [-0.25, -0.2) is 0 Å². The maximum atomic E-state index is 2.52. The summed E-state index contributed by atoms with van der Waals surface area (Å²) in [6.45, 7) is 7.23. The van der Waals surface area contributed by atoms with Gasteiger partial charge in [-0.1, -0.05) is 166 Å². The molecule has 1 atom stereocenters. The number of nitrogens with zero attached hydrogens (tertiary/aromatic N) is 1. The van der Waals surface area contributed by atoms with Crippen molar-refractivity contribution >= 4 is 17.1 Å². The van der Waals surface area contributed by atoms with E-state index in [4.69, 9.17) is 0 Å². The Morgan fingerprint density at radius 3 is 1.59 bits per heavy atom. The highest BCUT2D eigenvalue weighted by atomic mass is 15.2. The van der Waals surface area contributed by atoms with E-state index in [1.54, 1.807) is 0 Å². The van der Waals surface area contributed by atoms with Gasteiger partial charge in [0.25, 0.3) is 0 Å². The minimum absolute atomic E-state index is 0.0710. The van der Waals surface area contributed by atoms with Crippen LogP contribution in [0.15, 0.2) is 182 Å². The van der Waals surface area contributed by atoms with Gasteiger partial charge in [0.2, 0.25) is 0 Å². The fourth-order valence-corrected chi connectivity index (χ4v) is 10.1. The van der Waals surface area contributed by atoms with Crippen LogP contribution < -0.4 is 4.90 Å². The smallest absolute Gasteiger partial charge is 0.0512 e. The first-order chi connectivity index (χ1) is 26.4. The lowest BCUT2D eigenvalue weighted by Gasteiger charge is -2.43. The van der Waals surface area contributed by atoms with Gasteiger partial charge in [-0.15, -0.1) is 0 Å². The summed E-state index contributed by atoms with van der Waals surface area (Å²) in [6.07, 6.45) is 0. The van der Waals surface area contributed by atoms with Crippen LogP contribution in [-0.2, 0) is 10.8 Å². The number of benzene rings is 8. The average Bonchev–Trinajstić information content (AvgIpc) is 3.64. The Balaban J connectivity index is 1.21. The summed E-state index contributed by atoms with van der Waals surface area (Å²) in [4.78, 5) is 2.52. The van der Waals surface area contributed by atoms with Crippen molar-refractivity contribution in [2.24, 2.45) is 0 Å². The van der Waals surface area contributed by atoms with Crippen molar-refractivity contribution in [1.29, 1.82) is 0 Å². The Morgan fingerprint density at radius 1 is 0.352 bits per heavy atom. The summed E-state index contributed by atoms with van der Waals surface area (Å²) in [5.41, 5.74) is 23.0. The molecule has 2 aliphatic carbocycles. The first-order valence-electron chi connectivity index (χ1n) is 19.1. The molecule has 0 saturated heterocycles. The predicted molar refractivity (Wildman–Crippen MR) is 226 cm³/mol. The normalized spacial score (nSPS) is 16.6. The highest BCUT2D eigenvalue weighted by molar-refractivity contribution is 6.06. The van der Waals surface area contributed by atoms with Crippen LogP contribution >= 0.6 is 0 Å². The SMILES string of the molecule is CC1(C)c2ccccc2-c2c(-c3ccc4c5c3-c3ccccc3C5(C)c3cc(-c5ccccc5)ccc3N4c3ccc(-c4ccccc4)cc3)cccc21. The van der Waals surface area contributed by atoms with E-state index in [1.165, 1.54) is 94.8 Å². The Kier molecular flexibility index (Phi) is 6.50. The molecule has 1 aliphatic heterocycles. The zero-order valence-electron chi connectivity index (χ0n) is 30.8. The molecule has 1 nitrogen and oxygen atoms in total. The molecule has 0 aromatic heterocycles. The zero-order valence-corrected chi connectivity index (χ0v) is 30.8. The number of hydrogen-bond acceptors (Lipinski definition) is 1. The van der Waals surface area contributed by atoms with Crippen molar-refractivity contribution in [3.8, 4) is 55.6 Å². The van der Waals surface area contributed by atoms with Crippen molar-refractivity contribution < 1.29 is 0 Å². The van der Waals surface area contributed by atoms with E-state index >= 15 is 0 Å². The molecule has 0 saturated carbocycles. The second-order valence-electron chi connectivity index (χ2n) is 15.8. The molecule has 1 unspecified atom stereocenters. The standard InChI is InChI=1S/C53H39N/c1-52(2)43-22-12-10-19-41(43)49-39(21-14-24-45(49)52)40-30-32-48-51-50(40)42-20-11-13-23-44(42)53(51,3)46-33-37(35-17-8-5-9-18-35)27-31-47(46)54(48)38-28-25-36(26-29-38)34-15-6-4-7-16-34/h4-33H,1-3H3. The van der Waals surface area contributed by atoms with E-state index in [9.17, 15) is 0 Å². The summed E-state index contributed by atoms with van der Waals surface area (Å²) >= 11 is 0. The molecule has 8 aromatic rings. The molecule has 1 heteroatoms. The largest absolute Gasteiger partial charge is 0.310 e. The topological polar surface area (TPSA) is 3.24 Å². The van der Waals surface area contributed by atoms with Crippen LogP contribution in [-0.4, -0.2) is 0 Å². The molecule has 54 heavy (non-hydrogen) atoms. The van der Waals surface area contributed by atoms with E-state index in [2.05, 4.69) is 208 Å². The Hall–Kier alpha value is -6.44. The maximum Gasteiger partial charge on any atom is 0.0512 e. The van der Waals surface area contributed by atoms with Gasteiger partial charge in [0.05, 0.1) is 11.4 Å². The van der Waals surface area contributed by atoms with Crippen molar-refractivity contribution in [3.05, 3.63) is 210 Å². The molecule has 3 aliphatic rings. The van der Waals surface area contributed by atoms with Crippen molar-refractivity contribution in [2.45, 2.75) is 31.6 Å². The zero-order chi connectivity index (χ0) is 36.2. The second kappa shape index (κ2) is 11.3. The van der Waals surface area contributed by atoms with Crippen LogP contribution in [0.4, 0.5) is 17.1 Å². The molecule has 0 radical (unpaired) electrons. The van der Waals surface area contributed by atoms with Crippen LogP contribution in [0.1, 0.15) is 48.6 Å². The fourth-order valence-electron chi connectivity index (χ4n) is 10.1. The average molecular weight is 690 g/mol. The van der Waals surface area contributed by atoms with Gasteiger partial charge in [0.1, 0.15) is 0 Å². The molecule has 0 bridgehead atoms. The van der Waals surface area contributed by atoms with Gasteiger partial charge in [-0.2, -0.15) is 0 Å². The first-order valence-corrected chi connectivity index (χ1v) is 19.1. The first kappa shape index (κ1) is 31.1. The lowest BCUT2D eigenvalue weighted by Crippen LogP contribution is -2.32. The van der Waals surface area contributed by atoms with Gasteiger partial charge in [-0.3, -0.25) is 0 Å². The van der Waals surface area contributed by atoms with Gasteiger partial charge >= 0.3 is 0 Å². The molecular formula is C53H39N. The summed E-state index contributed by atoms with van der Waals surface area (Å²) < 4.78 is 0. The highest BCUT2D eigenvalue weighted by Crippen LogP contribution is 2.65. The minimum atomic E-state index is -0.368. The van der Waals surface area contributed by atoms with E-state index in [0.29, 0.717) is 0 Å². The molecule has 0 N–H and O–H groups in total. The van der Waals surface area contributed by atoms with Gasteiger partial charge in [0, 0.05) is 16.5 Å². The minimum Gasteiger partial charge on any atom is -0.310 e. The third kappa shape index (κ3) is 4.15. The number of rotatable bonds is 4. The Labute approximate surface area is 317 Å². The number of anilines is 3. The summed E-state index contributed by atoms with van der Waals surface area (Å²) in [5.74, 6) is 0. The summed E-state index contributed by atoms with van der Waals surface area (Å²) in [7, 11) is 0. The molecule has 8 aromatic carbocycles. The van der Waals surface area contributed by atoms with Crippen LogP contribution in [0.3, 0.4) is 0 Å². The Bertz CT molecular complexity index is 2790. The van der Waals surface area contributed by atoms with Crippen LogP contribution in [0, 0.1) is 0 Å². The van der Waals surface area contributed by atoms with Crippen LogP contribution in [0.25, 0.3) is 55.6 Å². The van der Waals surface area contributed by atoms with Gasteiger partial charge < -0.3 is 4.90 Å². The van der Waals surface area contributed by atoms with Crippen LogP contribution in [0.5, 0.6) is 0 Å². The third-order valence-corrected chi connectivity index (χ3v) is 12.7. The second-order valence-corrected chi connectivity index (χ2v) is 15.8. The highest BCUT2D eigenvalue weighted by Gasteiger charge is 2.49. The van der Waals surface area contributed by atoms with E-state index in [1.807, 2.05) is 0 Å². The van der Waals surface area contributed by atoms with E-state index < -0.39 is 0 Å². The molecule has 0 spiro atoms. The monoisotopic (exact) mass is 689 g/mol. The molecular weight excluding hydrogens is 651 g/mol. The van der Waals surface area contributed by atoms with Gasteiger partial charge in [0.15, 0.2) is 0 Å². The predicted octanol–water partition coefficient (Wildman–Crippen LogP) is 14.1. The maximum absolute atomic E-state index is 2.52.